The molecule has 1 aromatic carbocycles. The molecule has 132 valence electrons. The van der Waals surface area contributed by atoms with Crippen molar-refractivity contribution in [3.63, 3.8) is 0 Å². The summed E-state index contributed by atoms with van der Waals surface area (Å²) in [6.45, 7) is 3.77. The highest BCUT2D eigenvalue weighted by molar-refractivity contribution is 5.66. The largest absolute Gasteiger partial charge is 0.497 e. The molecule has 2 aliphatic rings. The van der Waals surface area contributed by atoms with Crippen LogP contribution in [0.15, 0.2) is 30.3 Å². The van der Waals surface area contributed by atoms with Crippen LogP contribution in [0.4, 0.5) is 11.8 Å². The van der Waals surface area contributed by atoms with Gasteiger partial charge in [-0.1, -0.05) is 12.1 Å². The molecule has 2 N–H and O–H groups in total. The van der Waals surface area contributed by atoms with Gasteiger partial charge in [0.05, 0.1) is 12.8 Å². The van der Waals surface area contributed by atoms with Crippen molar-refractivity contribution in [2.75, 3.05) is 44.0 Å². The van der Waals surface area contributed by atoms with Crippen LogP contribution in [0.2, 0.25) is 0 Å². The fourth-order valence-corrected chi connectivity index (χ4v) is 3.89. The van der Waals surface area contributed by atoms with E-state index in [0.717, 1.165) is 62.0 Å². The van der Waals surface area contributed by atoms with E-state index in [1.165, 1.54) is 6.42 Å². The third-order valence-electron chi connectivity index (χ3n) is 5.41. The minimum absolute atomic E-state index is 0.309. The van der Waals surface area contributed by atoms with Crippen molar-refractivity contribution >= 4 is 11.8 Å². The first kappa shape index (κ1) is 16.1. The van der Waals surface area contributed by atoms with E-state index in [1.54, 1.807) is 7.11 Å². The molecule has 2 saturated heterocycles. The monoisotopic (exact) mass is 340 g/mol. The number of benzene rings is 1. The van der Waals surface area contributed by atoms with Crippen molar-refractivity contribution in [1.82, 2.24) is 9.97 Å². The Kier molecular flexibility index (Phi) is 4.21. The quantitative estimate of drug-likeness (QED) is 0.926. The van der Waals surface area contributed by atoms with Gasteiger partial charge in [-0.2, -0.15) is 4.98 Å². The van der Waals surface area contributed by atoms with Gasteiger partial charge in [-0.25, -0.2) is 4.98 Å². The Morgan fingerprint density at radius 3 is 2.80 bits per heavy atom. The summed E-state index contributed by atoms with van der Waals surface area (Å²) < 4.78 is 10.9. The van der Waals surface area contributed by atoms with Gasteiger partial charge >= 0.3 is 0 Å². The molecule has 2 fully saturated rings. The Morgan fingerprint density at radius 1 is 1.16 bits per heavy atom. The normalized spacial score (nSPS) is 19.3. The van der Waals surface area contributed by atoms with Crippen LogP contribution < -0.4 is 15.4 Å². The Bertz CT molecular complexity index is 759. The molecule has 0 atom stereocenters. The molecule has 4 rings (SSSR count). The Labute approximate surface area is 148 Å². The van der Waals surface area contributed by atoms with Gasteiger partial charge < -0.3 is 20.1 Å². The second-order valence-corrected chi connectivity index (χ2v) is 6.99. The summed E-state index contributed by atoms with van der Waals surface area (Å²) in [6.07, 6.45) is 3.45. The summed E-state index contributed by atoms with van der Waals surface area (Å²) in [5, 5.41) is 0. The maximum atomic E-state index is 6.00. The standard InChI is InChI=1S/C19H24N4O2/c1-24-15-4-2-3-14(11-15)16-12-17(22-18(20)21-16)23-8-5-19(13-23)6-9-25-10-7-19/h2-4,11-12H,5-10,13H2,1H3,(H2,20,21,22). The number of anilines is 2. The van der Waals surface area contributed by atoms with Gasteiger partial charge in [-0.15, -0.1) is 0 Å². The zero-order valence-corrected chi connectivity index (χ0v) is 14.6. The maximum absolute atomic E-state index is 6.00. The van der Waals surface area contributed by atoms with Gasteiger partial charge in [0.2, 0.25) is 5.95 Å². The van der Waals surface area contributed by atoms with E-state index in [2.05, 4.69) is 14.9 Å². The number of nitrogens with two attached hydrogens (primary N) is 1. The second kappa shape index (κ2) is 6.52. The fraction of sp³-hybridized carbons (Fsp3) is 0.474. The van der Waals surface area contributed by atoms with E-state index >= 15 is 0 Å². The number of methoxy groups -OCH3 is 1. The second-order valence-electron chi connectivity index (χ2n) is 6.99. The van der Waals surface area contributed by atoms with E-state index in [9.17, 15) is 0 Å². The number of hydrogen-bond donors (Lipinski definition) is 1. The molecule has 0 aliphatic carbocycles. The molecule has 2 aliphatic heterocycles. The van der Waals surface area contributed by atoms with Crippen molar-refractivity contribution in [2.24, 2.45) is 5.41 Å². The fourth-order valence-electron chi connectivity index (χ4n) is 3.89. The number of hydrogen-bond acceptors (Lipinski definition) is 6. The minimum Gasteiger partial charge on any atom is -0.497 e. The molecule has 0 bridgehead atoms. The van der Waals surface area contributed by atoms with Crippen LogP contribution >= 0.6 is 0 Å². The summed E-state index contributed by atoms with van der Waals surface area (Å²) in [4.78, 5) is 11.3. The van der Waals surface area contributed by atoms with Crippen molar-refractivity contribution in [2.45, 2.75) is 19.3 Å². The lowest BCUT2D eigenvalue weighted by molar-refractivity contribution is 0.0254. The first-order chi connectivity index (χ1) is 12.2. The third kappa shape index (κ3) is 3.26. The van der Waals surface area contributed by atoms with Gasteiger partial charge in [-0.3, -0.25) is 0 Å². The lowest BCUT2D eigenvalue weighted by Crippen LogP contribution is -2.33. The molecule has 6 nitrogen and oxygen atoms in total. The predicted octanol–water partition coefficient (Wildman–Crippen LogP) is 2.74. The van der Waals surface area contributed by atoms with Crippen LogP contribution in [-0.2, 0) is 4.74 Å². The summed E-state index contributed by atoms with van der Waals surface area (Å²) in [5.74, 6) is 2.02. The minimum atomic E-state index is 0.309. The molecule has 25 heavy (non-hydrogen) atoms. The molecule has 6 heteroatoms. The van der Waals surface area contributed by atoms with E-state index in [4.69, 9.17) is 15.2 Å². The first-order valence-corrected chi connectivity index (χ1v) is 8.79. The number of rotatable bonds is 3. The zero-order chi connectivity index (χ0) is 17.3. The van der Waals surface area contributed by atoms with Gasteiger partial charge in [0.1, 0.15) is 11.6 Å². The maximum Gasteiger partial charge on any atom is 0.222 e. The van der Waals surface area contributed by atoms with Crippen molar-refractivity contribution in [3.8, 4) is 17.0 Å². The van der Waals surface area contributed by atoms with E-state index < -0.39 is 0 Å². The van der Waals surface area contributed by atoms with Crippen LogP contribution in [0.25, 0.3) is 11.3 Å². The molecule has 0 radical (unpaired) electrons. The average Bonchev–Trinajstić information content (AvgIpc) is 3.05. The van der Waals surface area contributed by atoms with Crippen LogP contribution in [0.5, 0.6) is 5.75 Å². The van der Waals surface area contributed by atoms with Gasteiger partial charge in [0.25, 0.3) is 0 Å². The van der Waals surface area contributed by atoms with Crippen LogP contribution in [0.1, 0.15) is 19.3 Å². The van der Waals surface area contributed by atoms with E-state index in [0.29, 0.717) is 11.4 Å². The van der Waals surface area contributed by atoms with Crippen LogP contribution in [0.3, 0.4) is 0 Å². The number of nitrogen functional groups attached to an aromatic ring is 1. The average molecular weight is 340 g/mol. The molecular formula is C19H24N4O2. The zero-order valence-electron chi connectivity index (χ0n) is 14.6. The molecule has 1 aromatic heterocycles. The lowest BCUT2D eigenvalue weighted by atomic mass is 9.80. The number of nitrogens with zero attached hydrogens (tertiary/aromatic N) is 3. The van der Waals surface area contributed by atoms with E-state index in [-0.39, 0.29) is 0 Å². The van der Waals surface area contributed by atoms with Gasteiger partial charge in [0, 0.05) is 37.9 Å². The SMILES string of the molecule is COc1cccc(-c2cc(N3CCC4(CCOCC4)C3)nc(N)n2)c1. The summed E-state index contributed by atoms with van der Waals surface area (Å²) in [5.41, 5.74) is 8.18. The first-order valence-electron chi connectivity index (χ1n) is 8.79. The Hall–Kier alpha value is -2.34. The highest BCUT2D eigenvalue weighted by Gasteiger charge is 2.39. The highest BCUT2D eigenvalue weighted by Crippen LogP contribution is 2.41. The molecule has 1 spiro atoms. The molecule has 0 unspecified atom stereocenters. The lowest BCUT2D eigenvalue weighted by Gasteiger charge is -2.33. The molecule has 0 saturated carbocycles. The summed E-state index contributed by atoms with van der Waals surface area (Å²) >= 11 is 0. The molecular weight excluding hydrogens is 316 g/mol. The Balaban J connectivity index is 1.62. The third-order valence-corrected chi connectivity index (χ3v) is 5.41. The van der Waals surface area contributed by atoms with Crippen molar-refractivity contribution in [1.29, 1.82) is 0 Å². The predicted molar refractivity (Wildman–Crippen MR) is 97.7 cm³/mol. The van der Waals surface area contributed by atoms with E-state index in [1.807, 2.05) is 30.3 Å². The molecule has 2 aromatic rings. The van der Waals surface area contributed by atoms with Crippen molar-refractivity contribution in [3.05, 3.63) is 30.3 Å². The molecule has 0 amide bonds. The van der Waals surface area contributed by atoms with Crippen LogP contribution in [0, 0.1) is 5.41 Å². The summed E-state index contributed by atoms with van der Waals surface area (Å²) in [6, 6.07) is 9.89. The van der Waals surface area contributed by atoms with Gasteiger partial charge in [-0.05, 0) is 36.8 Å². The van der Waals surface area contributed by atoms with Crippen LogP contribution in [-0.4, -0.2) is 43.4 Å². The summed E-state index contributed by atoms with van der Waals surface area (Å²) in [7, 11) is 1.66. The molecule has 3 heterocycles. The highest BCUT2D eigenvalue weighted by atomic mass is 16.5. The van der Waals surface area contributed by atoms with Crippen molar-refractivity contribution < 1.29 is 9.47 Å². The Morgan fingerprint density at radius 2 is 2.00 bits per heavy atom. The smallest absolute Gasteiger partial charge is 0.222 e. The number of aromatic nitrogens is 2. The number of ether oxygens (including phenoxy) is 2. The topological polar surface area (TPSA) is 73.5 Å². The van der Waals surface area contributed by atoms with Gasteiger partial charge in [0.15, 0.2) is 0 Å².